The first-order chi connectivity index (χ1) is 8.46. The predicted octanol–water partition coefficient (Wildman–Crippen LogP) is 0.900. The topological polar surface area (TPSA) is 61.4 Å². The van der Waals surface area contributed by atoms with E-state index in [0.29, 0.717) is 19.3 Å². The number of aliphatic hydroxyl groups excluding tert-OH is 1. The number of nitrogens with one attached hydrogen (secondary N) is 2. The highest BCUT2D eigenvalue weighted by molar-refractivity contribution is 5.82. The van der Waals surface area contributed by atoms with E-state index in [-0.39, 0.29) is 5.91 Å². The van der Waals surface area contributed by atoms with E-state index in [1.54, 1.807) is 0 Å². The van der Waals surface area contributed by atoms with Crippen molar-refractivity contribution in [1.29, 1.82) is 0 Å². The maximum absolute atomic E-state index is 12.9. The number of hydrogen-bond acceptors (Lipinski definition) is 3. The summed E-state index contributed by atoms with van der Waals surface area (Å²) in [5.41, 5.74) is -0.522. The Kier molecular flexibility index (Phi) is 5.47. The van der Waals surface area contributed by atoms with Gasteiger partial charge in [-0.05, 0) is 32.4 Å². The van der Waals surface area contributed by atoms with Gasteiger partial charge in [0.05, 0.1) is 12.0 Å². The number of piperidine rings is 1. The summed E-state index contributed by atoms with van der Waals surface area (Å²) in [4.78, 5) is 12.1. The summed E-state index contributed by atoms with van der Waals surface area (Å²) in [5, 5.41) is 13.9. The Hall–Kier alpha value is -0.750. The first kappa shape index (κ1) is 15.3. The van der Waals surface area contributed by atoms with E-state index in [4.69, 9.17) is 5.11 Å². The van der Waals surface area contributed by atoms with Gasteiger partial charge in [0.1, 0.15) is 6.61 Å². The third-order valence-corrected chi connectivity index (χ3v) is 3.51. The number of rotatable bonds is 6. The molecule has 1 aliphatic rings. The normalized spacial score (nSPS) is 19.6. The average Bonchev–Trinajstić information content (AvgIpc) is 2.37. The fourth-order valence-electron chi connectivity index (χ4n) is 2.43. The second kappa shape index (κ2) is 6.43. The van der Waals surface area contributed by atoms with Crippen LogP contribution in [0.4, 0.5) is 8.78 Å². The smallest absolute Gasteiger partial charge is 0.287 e. The summed E-state index contributed by atoms with van der Waals surface area (Å²) >= 11 is 0. The van der Waals surface area contributed by atoms with Crippen LogP contribution in [-0.2, 0) is 4.79 Å². The molecule has 0 aromatic rings. The van der Waals surface area contributed by atoms with Gasteiger partial charge >= 0.3 is 0 Å². The summed E-state index contributed by atoms with van der Waals surface area (Å²) in [6.07, 6.45) is 2.92. The zero-order chi connectivity index (χ0) is 13.6. The van der Waals surface area contributed by atoms with Crippen molar-refractivity contribution in [3.8, 4) is 0 Å². The van der Waals surface area contributed by atoms with Crippen molar-refractivity contribution in [1.82, 2.24) is 10.6 Å². The maximum atomic E-state index is 12.9. The lowest BCUT2D eigenvalue weighted by Crippen LogP contribution is -2.50. The maximum Gasteiger partial charge on any atom is 0.287 e. The van der Waals surface area contributed by atoms with Crippen molar-refractivity contribution >= 4 is 5.91 Å². The molecular formula is C12H22F2N2O2. The summed E-state index contributed by atoms with van der Waals surface area (Å²) in [7, 11) is 0. The molecule has 0 spiro atoms. The van der Waals surface area contributed by atoms with Gasteiger partial charge in [-0.25, -0.2) is 8.78 Å². The Morgan fingerprint density at radius 1 is 1.44 bits per heavy atom. The summed E-state index contributed by atoms with van der Waals surface area (Å²) in [6, 6.07) is 0. The minimum atomic E-state index is -3.24. The van der Waals surface area contributed by atoms with Gasteiger partial charge in [0.25, 0.3) is 5.92 Å². The summed E-state index contributed by atoms with van der Waals surface area (Å²) in [6.45, 7) is 1.43. The molecule has 0 radical (unpaired) electrons. The Bertz CT molecular complexity index is 274. The molecule has 4 nitrogen and oxygen atoms in total. The van der Waals surface area contributed by atoms with Crippen molar-refractivity contribution in [2.24, 2.45) is 5.41 Å². The standard InChI is InChI=1S/C12H22F2N2O2/c1-2-3-11(4-6-15-7-5-11)10(18)16-8-12(13,14)9-17/h15,17H,2-9H2,1H3,(H,16,18). The number of amides is 1. The van der Waals surface area contributed by atoms with E-state index >= 15 is 0 Å². The van der Waals surface area contributed by atoms with Crippen LogP contribution in [0.1, 0.15) is 32.6 Å². The lowest BCUT2D eigenvalue weighted by Gasteiger charge is -2.36. The molecule has 1 aliphatic heterocycles. The predicted molar refractivity (Wildman–Crippen MR) is 64.5 cm³/mol. The fourth-order valence-corrected chi connectivity index (χ4v) is 2.43. The fraction of sp³-hybridized carbons (Fsp3) is 0.917. The molecule has 1 rings (SSSR count). The molecule has 6 heteroatoms. The largest absolute Gasteiger partial charge is 0.390 e. The zero-order valence-electron chi connectivity index (χ0n) is 10.8. The molecule has 0 saturated carbocycles. The molecule has 3 N–H and O–H groups in total. The molecule has 106 valence electrons. The number of aliphatic hydroxyl groups is 1. The third kappa shape index (κ3) is 3.88. The second-order valence-electron chi connectivity index (χ2n) is 4.98. The number of carbonyl (C=O) groups excluding carboxylic acids is 1. The molecule has 1 saturated heterocycles. The van der Waals surface area contributed by atoms with Gasteiger partial charge in [0.2, 0.25) is 5.91 Å². The van der Waals surface area contributed by atoms with Gasteiger partial charge in [-0.3, -0.25) is 4.79 Å². The Morgan fingerprint density at radius 3 is 2.56 bits per heavy atom. The van der Waals surface area contributed by atoms with E-state index in [9.17, 15) is 13.6 Å². The van der Waals surface area contributed by atoms with Gasteiger partial charge < -0.3 is 15.7 Å². The van der Waals surface area contributed by atoms with Crippen LogP contribution in [-0.4, -0.2) is 43.2 Å². The Balaban J connectivity index is 2.60. The van der Waals surface area contributed by atoms with E-state index in [0.717, 1.165) is 19.5 Å². The van der Waals surface area contributed by atoms with Gasteiger partial charge in [0.15, 0.2) is 0 Å². The van der Waals surface area contributed by atoms with Crippen LogP contribution in [0.5, 0.6) is 0 Å². The van der Waals surface area contributed by atoms with Crippen LogP contribution in [0.15, 0.2) is 0 Å². The number of hydrogen-bond donors (Lipinski definition) is 3. The monoisotopic (exact) mass is 264 g/mol. The molecule has 0 atom stereocenters. The summed E-state index contributed by atoms with van der Waals surface area (Å²) in [5.74, 6) is -3.55. The van der Waals surface area contributed by atoms with Crippen LogP contribution in [0.2, 0.25) is 0 Å². The highest BCUT2D eigenvalue weighted by Gasteiger charge is 2.40. The van der Waals surface area contributed by atoms with Crippen molar-refractivity contribution in [3.05, 3.63) is 0 Å². The molecule has 0 aromatic heterocycles. The molecule has 18 heavy (non-hydrogen) atoms. The first-order valence-electron chi connectivity index (χ1n) is 6.43. The van der Waals surface area contributed by atoms with E-state index < -0.39 is 24.5 Å². The van der Waals surface area contributed by atoms with Crippen molar-refractivity contribution < 1.29 is 18.7 Å². The second-order valence-corrected chi connectivity index (χ2v) is 4.98. The van der Waals surface area contributed by atoms with E-state index in [1.165, 1.54) is 0 Å². The van der Waals surface area contributed by atoms with Crippen LogP contribution >= 0.6 is 0 Å². The van der Waals surface area contributed by atoms with Gasteiger partial charge in [0, 0.05) is 0 Å². The first-order valence-corrected chi connectivity index (χ1v) is 6.43. The zero-order valence-corrected chi connectivity index (χ0v) is 10.8. The minimum Gasteiger partial charge on any atom is -0.390 e. The Morgan fingerprint density at radius 2 is 2.06 bits per heavy atom. The van der Waals surface area contributed by atoms with E-state index in [2.05, 4.69) is 10.6 Å². The lowest BCUT2D eigenvalue weighted by molar-refractivity contribution is -0.136. The van der Waals surface area contributed by atoms with Crippen molar-refractivity contribution in [2.45, 2.75) is 38.5 Å². The molecule has 1 fully saturated rings. The molecule has 0 aliphatic carbocycles. The van der Waals surface area contributed by atoms with Crippen molar-refractivity contribution in [3.63, 3.8) is 0 Å². The highest BCUT2D eigenvalue weighted by atomic mass is 19.3. The van der Waals surface area contributed by atoms with Gasteiger partial charge in [-0.1, -0.05) is 13.3 Å². The molecule has 0 unspecified atom stereocenters. The van der Waals surface area contributed by atoms with Crippen LogP contribution < -0.4 is 10.6 Å². The number of carbonyl (C=O) groups is 1. The molecule has 1 heterocycles. The highest BCUT2D eigenvalue weighted by Crippen LogP contribution is 2.34. The van der Waals surface area contributed by atoms with Crippen molar-refractivity contribution in [2.75, 3.05) is 26.2 Å². The number of alkyl halides is 2. The SMILES string of the molecule is CCCC1(C(=O)NCC(F)(F)CO)CCNCC1. The van der Waals surface area contributed by atoms with Crippen LogP contribution in [0.25, 0.3) is 0 Å². The average molecular weight is 264 g/mol. The molecule has 1 amide bonds. The van der Waals surface area contributed by atoms with Crippen LogP contribution in [0.3, 0.4) is 0 Å². The van der Waals surface area contributed by atoms with Crippen LogP contribution in [0, 0.1) is 5.41 Å². The minimum absolute atomic E-state index is 0.307. The van der Waals surface area contributed by atoms with E-state index in [1.807, 2.05) is 6.92 Å². The number of halogens is 2. The molecular weight excluding hydrogens is 242 g/mol. The quantitative estimate of drug-likeness (QED) is 0.668. The van der Waals surface area contributed by atoms with Gasteiger partial charge in [-0.2, -0.15) is 0 Å². The molecule has 0 bridgehead atoms. The van der Waals surface area contributed by atoms with Gasteiger partial charge in [-0.15, -0.1) is 0 Å². The molecule has 0 aromatic carbocycles. The lowest BCUT2D eigenvalue weighted by atomic mass is 9.74. The summed E-state index contributed by atoms with van der Waals surface area (Å²) < 4.78 is 25.8. The third-order valence-electron chi connectivity index (χ3n) is 3.51. The Labute approximate surface area is 106 Å².